The third-order valence-corrected chi connectivity index (χ3v) is 3.83. The van der Waals surface area contributed by atoms with Crippen LogP contribution in [-0.2, 0) is 4.74 Å². The first kappa shape index (κ1) is 17.3. The fourth-order valence-electron chi connectivity index (χ4n) is 2.79. The summed E-state index contributed by atoms with van der Waals surface area (Å²) in [5.41, 5.74) is 0.670. The average molecular weight is 313 g/mol. The molecule has 0 aliphatic carbocycles. The molecular weight excluding hydrogens is 286 g/mol. The number of hydrogen-bond acceptors (Lipinski definition) is 2. The Bertz CT molecular complexity index is 667. The van der Waals surface area contributed by atoms with Gasteiger partial charge in [-0.05, 0) is 50.5 Å². The lowest BCUT2D eigenvalue weighted by Gasteiger charge is -2.32. The van der Waals surface area contributed by atoms with Crippen LogP contribution in [0, 0.1) is 0 Å². The van der Waals surface area contributed by atoms with Crippen LogP contribution in [-0.4, -0.2) is 23.1 Å². The van der Waals surface area contributed by atoms with Crippen molar-refractivity contribution in [1.29, 1.82) is 0 Å². The van der Waals surface area contributed by atoms with Crippen LogP contribution in [0.4, 0.5) is 4.79 Å². The van der Waals surface area contributed by atoms with Gasteiger partial charge in [-0.25, -0.2) is 4.79 Å². The van der Waals surface area contributed by atoms with Crippen molar-refractivity contribution in [2.24, 2.45) is 0 Å². The molecule has 0 aliphatic rings. The molecule has 0 bridgehead atoms. The van der Waals surface area contributed by atoms with E-state index in [1.807, 2.05) is 43.9 Å². The number of fused-ring (bicyclic) bond motifs is 1. The molecule has 0 aromatic heterocycles. The Labute approximate surface area is 139 Å². The van der Waals surface area contributed by atoms with Gasteiger partial charge in [0.2, 0.25) is 0 Å². The van der Waals surface area contributed by atoms with Gasteiger partial charge in [0.15, 0.2) is 0 Å². The van der Waals surface area contributed by atoms with Gasteiger partial charge >= 0.3 is 6.09 Å². The van der Waals surface area contributed by atoms with E-state index < -0.39 is 5.60 Å². The quantitative estimate of drug-likeness (QED) is 0.741. The van der Waals surface area contributed by atoms with E-state index in [9.17, 15) is 4.79 Å². The van der Waals surface area contributed by atoms with Crippen LogP contribution in [0.15, 0.2) is 42.5 Å². The minimum Gasteiger partial charge on any atom is -0.444 e. The number of ether oxygens (including phenoxy) is 1. The molecule has 0 aliphatic heterocycles. The molecule has 0 spiro atoms. The highest BCUT2D eigenvalue weighted by molar-refractivity contribution is 5.86. The molecule has 1 atom stereocenters. The molecule has 2 rings (SSSR count). The average Bonchev–Trinajstić information content (AvgIpc) is 2.49. The summed E-state index contributed by atoms with van der Waals surface area (Å²) < 4.78 is 5.59. The first-order valence-corrected chi connectivity index (χ1v) is 8.30. The summed E-state index contributed by atoms with van der Waals surface area (Å²) in [7, 11) is 0. The van der Waals surface area contributed by atoms with Crippen LogP contribution >= 0.6 is 0 Å². The van der Waals surface area contributed by atoms with Crippen molar-refractivity contribution in [3.8, 4) is 0 Å². The lowest BCUT2D eigenvalue weighted by Crippen LogP contribution is -2.39. The second-order valence-electron chi connectivity index (χ2n) is 6.92. The van der Waals surface area contributed by atoms with E-state index in [1.165, 1.54) is 10.8 Å². The Morgan fingerprint density at radius 2 is 1.78 bits per heavy atom. The molecule has 0 unspecified atom stereocenters. The van der Waals surface area contributed by atoms with Crippen molar-refractivity contribution < 1.29 is 9.53 Å². The summed E-state index contributed by atoms with van der Waals surface area (Å²) in [6.07, 6.45) is 0.647. The minimum atomic E-state index is -0.485. The molecule has 3 heteroatoms. The van der Waals surface area contributed by atoms with Crippen LogP contribution in [0.2, 0.25) is 0 Å². The normalized spacial score (nSPS) is 12.9. The number of carbonyl (C=O) groups is 1. The molecular formula is C20H27NO2. The summed E-state index contributed by atoms with van der Waals surface area (Å²) in [5, 5.41) is 2.38. The largest absolute Gasteiger partial charge is 0.444 e. The summed E-state index contributed by atoms with van der Waals surface area (Å²) in [4.78, 5) is 14.4. The molecule has 2 aromatic carbocycles. The molecule has 3 nitrogen and oxygen atoms in total. The topological polar surface area (TPSA) is 29.5 Å². The Balaban J connectivity index is 2.36. The smallest absolute Gasteiger partial charge is 0.410 e. The van der Waals surface area contributed by atoms with Crippen molar-refractivity contribution in [2.45, 2.75) is 52.7 Å². The van der Waals surface area contributed by atoms with Crippen molar-refractivity contribution >= 4 is 16.9 Å². The van der Waals surface area contributed by atoms with Crippen LogP contribution in [0.3, 0.4) is 0 Å². The molecule has 1 amide bonds. The van der Waals surface area contributed by atoms with E-state index in [-0.39, 0.29) is 12.1 Å². The van der Waals surface area contributed by atoms with Crippen molar-refractivity contribution in [1.82, 2.24) is 4.90 Å². The SMILES string of the molecule is CCCN(C(=O)OC(C)(C)C)[C@H](C)c1cccc2ccccc12. The third-order valence-electron chi connectivity index (χ3n) is 3.83. The van der Waals surface area contributed by atoms with Gasteiger partial charge in [-0.15, -0.1) is 0 Å². The minimum absolute atomic E-state index is 0.0316. The van der Waals surface area contributed by atoms with E-state index in [1.54, 1.807) is 0 Å². The monoisotopic (exact) mass is 313 g/mol. The molecule has 2 aromatic rings. The summed E-state index contributed by atoms with van der Waals surface area (Å²) in [6.45, 7) is 10.5. The molecule has 0 heterocycles. The van der Waals surface area contributed by atoms with Crippen LogP contribution < -0.4 is 0 Å². The highest BCUT2D eigenvalue weighted by atomic mass is 16.6. The zero-order chi connectivity index (χ0) is 17.0. The van der Waals surface area contributed by atoms with E-state index in [0.717, 1.165) is 12.0 Å². The fraction of sp³-hybridized carbons (Fsp3) is 0.450. The van der Waals surface area contributed by atoms with Gasteiger partial charge in [-0.3, -0.25) is 0 Å². The number of rotatable bonds is 4. The highest BCUT2D eigenvalue weighted by Crippen LogP contribution is 2.29. The van der Waals surface area contributed by atoms with Crippen molar-refractivity contribution in [3.63, 3.8) is 0 Å². The standard InChI is InChI=1S/C20H27NO2/c1-6-14-21(19(22)23-20(3,4)5)15(2)17-13-9-11-16-10-7-8-12-18(16)17/h7-13,15H,6,14H2,1-5H3/t15-/m1/s1. The maximum Gasteiger partial charge on any atom is 0.410 e. The molecule has 0 saturated heterocycles. The van der Waals surface area contributed by atoms with Crippen LogP contribution in [0.25, 0.3) is 10.8 Å². The summed E-state index contributed by atoms with van der Waals surface area (Å²) in [6, 6.07) is 14.5. The van der Waals surface area contributed by atoms with E-state index in [4.69, 9.17) is 4.74 Å². The zero-order valence-electron chi connectivity index (χ0n) is 14.8. The number of carbonyl (C=O) groups excluding carboxylic acids is 1. The molecule has 23 heavy (non-hydrogen) atoms. The number of benzene rings is 2. The van der Waals surface area contributed by atoms with Gasteiger partial charge in [0.05, 0.1) is 6.04 Å². The van der Waals surface area contributed by atoms with Gasteiger partial charge in [-0.1, -0.05) is 49.4 Å². The van der Waals surface area contributed by atoms with Crippen LogP contribution in [0.5, 0.6) is 0 Å². The zero-order valence-corrected chi connectivity index (χ0v) is 14.8. The van der Waals surface area contributed by atoms with E-state index in [0.29, 0.717) is 6.54 Å². The highest BCUT2D eigenvalue weighted by Gasteiger charge is 2.26. The number of amides is 1. The number of hydrogen-bond donors (Lipinski definition) is 0. The second kappa shape index (κ2) is 7.03. The van der Waals surface area contributed by atoms with Gasteiger partial charge in [0.25, 0.3) is 0 Å². The number of nitrogens with zero attached hydrogens (tertiary/aromatic N) is 1. The second-order valence-corrected chi connectivity index (χ2v) is 6.92. The predicted molar refractivity (Wildman–Crippen MR) is 95.6 cm³/mol. The Hall–Kier alpha value is -2.03. The maximum atomic E-state index is 12.6. The first-order valence-electron chi connectivity index (χ1n) is 8.30. The maximum absolute atomic E-state index is 12.6. The first-order chi connectivity index (χ1) is 10.8. The summed E-state index contributed by atoms with van der Waals surface area (Å²) >= 11 is 0. The van der Waals surface area contributed by atoms with E-state index >= 15 is 0 Å². The predicted octanol–water partition coefficient (Wildman–Crippen LogP) is 5.55. The molecule has 0 saturated carbocycles. The van der Waals surface area contributed by atoms with Gasteiger partial charge in [0, 0.05) is 6.54 Å². The Kier molecular flexibility index (Phi) is 5.30. The van der Waals surface area contributed by atoms with Gasteiger partial charge < -0.3 is 9.64 Å². The molecule has 0 N–H and O–H groups in total. The van der Waals surface area contributed by atoms with Crippen molar-refractivity contribution in [3.05, 3.63) is 48.0 Å². The van der Waals surface area contributed by atoms with E-state index in [2.05, 4.69) is 38.1 Å². The Morgan fingerprint density at radius 3 is 2.43 bits per heavy atom. The molecule has 124 valence electrons. The molecule has 0 radical (unpaired) electrons. The van der Waals surface area contributed by atoms with Gasteiger partial charge in [-0.2, -0.15) is 0 Å². The van der Waals surface area contributed by atoms with Gasteiger partial charge in [0.1, 0.15) is 5.60 Å². The Morgan fingerprint density at radius 1 is 1.13 bits per heavy atom. The lowest BCUT2D eigenvalue weighted by atomic mass is 9.99. The third kappa shape index (κ3) is 4.25. The lowest BCUT2D eigenvalue weighted by molar-refractivity contribution is 0.0175. The summed E-state index contributed by atoms with van der Waals surface area (Å²) in [5.74, 6) is 0. The van der Waals surface area contributed by atoms with Crippen LogP contribution in [0.1, 0.15) is 52.6 Å². The molecule has 0 fully saturated rings. The fourth-order valence-corrected chi connectivity index (χ4v) is 2.79. The van der Waals surface area contributed by atoms with Crippen molar-refractivity contribution in [2.75, 3.05) is 6.54 Å².